The van der Waals surface area contributed by atoms with Crippen molar-refractivity contribution in [3.8, 4) is 28.7 Å². The van der Waals surface area contributed by atoms with E-state index in [1.165, 1.54) is 176 Å². The van der Waals surface area contributed by atoms with Gasteiger partial charge in [-0.1, -0.05) is 24.0 Å². The maximum Gasteiger partial charge on any atom is 0.307 e. The second kappa shape index (κ2) is 56.4. The lowest BCUT2D eigenvalue weighted by molar-refractivity contribution is -0.143. The molecule has 0 aliphatic carbocycles. The van der Waals surface area contributed by atoms with Crippen molar-refractivity contribution >= 4 is 180 Å². The average Bonchev–Trinajstić information content (AvgIpc) is 1.76. The van der Waals surface area contributed by atoms with Crippen LogP contribution in [0.15, 0.2) is 60.7 Å². The number of hydrogen-bond donors (Lipinski definition) is 14. The van der Waals surface area contributed by atoms with Crippen LogP contribution >= 0.6 is 24.0 Å². The molecule has 0 saturated carbocycles. The Morgan fingerprint density at radius 2 is 0.588 bits per heavy atom. The second-order valence-electron chi connectivity index (χ2n) is 27.4. The van der Waals surface area contributed by atoms with Crippen LogP contribution < -0.4 is 98.1 Å². The van der Waals surface area contributed by atoms with Crippen molar-refractivity contribution in [3.63, 3.8) is 0 Å². The smallest absolute Gasteiger partial charge is 0.307 e. The van der Waals surface area contributed by atoms with E-state index in [0.717, 1.165) is 0 Å². The molecule has 14 N–H and O–H groups in total. The molecule has 5 aromatic rings. The molecule has 691 valence electrons. The number of methoxy groups -OCH3 is 5. The van der Waals surface area contributed by atoms with Crippen molar-refractivity contribution < 1.29 is 115 Å². The van der Waals surface area contributed by atoms with Gasteiger partial charge in [0.2, 0.25) is 0 Å². The normalized spacial score (nSPS) is 11.0. The number of carbonyl (C=O) groups is 17. The van der Waals surface area contributed by atoms with Crippen LogP contribution in [0.1, 0.15) is 182 Å². The van der Waals surface area contributed by atoms with E-state index in [0.29, 0.717) is 16.6 Å². The van der Waals surface area contributed by atoms with Crippen LogP contribution in [0, 0.1) is 0 Å². The summed E-state index contributed by atoms with van der Waals surface area (Å²) < 4.78 is 37.7. The van der Waals surface area contributed by atoms with Crippen molar-refractivity contribution in [2.45, 2.75) is 26.7 Å². The molecule has 15 amide bonds. The van der Waals surface area contributed by atoms with Crippen molar-refractivity contribution in [1.29, 1.82) is 0 Å². The third-order valence-electron chi connectivity index (χ3n) is 19.1. The zero-order valence-electron chi connectivity index (χ0n) is 75.5. The average molecular weight is 1840 g/mol. The number of amides is 15. The summed E-state index contributed by atoms with van der Waals surface area (Å²) in [6.45, 7) is 4.02. The van der Waals surface area contributed by atoms with E-state index in [4.69, 9.17) is 76.3 Å². The maximum absolute atomic E-state index is 14.3. The molecule has 5 aromatic carbocycles. The van der Waals surface area contributed by atoms with Crippen LogP contribution in [0.25, 0.3) is 0 Å². The molecule has 1 aliphatic rings. The summed E-state index contributed by atoms with van der Waals surface area (Å²) in [5.74, 6) is -10.4. The lowest BCUT2D eigenvalue weighted by atomic mass is 8.76. The number of benzene rings is 5. The molecule has 9 radical (unpaired) electrons. The topological polar surface area (TPSA) is 533 Å². The van der Waals surface area contributed by atoms with Gasteiger partial charge in [-0.15, -0.1) is 0 Å². The summed E-state index contributed by atoms with van der Waals surface area (Å²) in [6, 6.07) is 12.8. The largest absolute Gasteiger partial charge is 0.495 e. The van der Waals surface area contributed by atoms with Gasteiger partial charge >= 0.3 is 11.9 Å². The van der Waals surface area contributed by atoms with Gasteiger partial charge in [-0.25, -0.2) is 0 Å². The third-order valence-corrected chi connectivity index (χ3v) is 20.6. The first-order valence-electron chi connectivity index (χ1n) is 40.6. The Morgan fingerprint density at radius 1 is 0.359 bits per heavy atom. The molecule has 1 fully saturated rings. The number of rotatable bonds is 45. The van der Waals surface area contributed by atoms with Crippen LogP contribution in [-0.2, 0) is 19.1 Å². The summed E-state index contributed by atoms with van der Waals surface area (Å²) in [4.78, 5) is 227. The van der Waals surface area contributed by atoms with E-state index < -0.39 is 107 Å². The molecule has 0 bridgehead atoms. The van der Waals surface area contributed by atoms with Crippen molar-refractivity contribution in [3.05, 3.63) is 144 Å². The highest BCUT2D eigenvalue weighted by molar-refractivity contribution is 8.23. The van der Waals surface area contributed by atoms with Crippen molar-refractivity contribution in [2.75, 3.05) is 196 Å². The first-order chi connectivity index (χ1) is 62.5. The highest BCUT2D eigenvalue weighted by Gasteiger charge is 2.34. The van der Waals surface area contributed by atoms with Gasteiger partial charge in [0.15, 0.2) is 0 Å². The SMILES string of the molecule is CCOC(=O)CCNC(=O)c1cc(C(=O)NC)c(OC)c(C(=O)N2CCSC2=S)c1.CCOC(=O)CCNC(=O)c1cc(C(=O)NC)c(OC)c(C(=O)NCCN(CCNC(=O)c2cc(C(=O)NC)cc(C(=O)NC)c2OC)CCN(CCNC(=O)c2cc(C(=O)NC)cc(C(=O)NC)c2OC)CCNC(=O)c2cc(C(=O)NC)cc(C(=O)NC)c2OC)c1.[B][B]B([B])B([B])[B]. The Labute approximate surface area is 774 Å². The predicted octanol–water partition coefficient (Wildman–Crippen LogP) is -2.91. The quantitative estimate of drug-likeness (QED) is 0.0106. The van der Waals surface area contributed by atoms with Crippen LogP contribution in [0.2, 0.25) is 0 Å². The highest BCUT2D eigenvalue weighted by Crippen LogP contribution is 2.33. The number of thiocarbonyl (C=S) groups is 1. The number of esters is 2. The zero-order valence-corrected chi connectivity index (χ0v) is 77.1. The Kier molecular flexibility index (Phi) is 47.4. The van der Waals surface area contributed by atoms with Gasteiger partial charge in [0.25, 0.3) is 88.6 Å². The fraction of sp³-hybridized carbons (Fsp3) is 0.407. The Hall–Kier alpha value is -13.1. The number of carbonyl (C=O) groups excluding carboxylic acids is 17. The number of hydrogen-bond acceptors (Lipinski definition) is 28. The zero-order chi connectivity index (χ0) is 97.9. The molecule has 0 spiro atoms. The summed E-state index contributed by atoms with van der Waals surface area (Å²) in [5, 5.41) is 36.2. The van der Waals surface area contributed by atoms with Crippen molar-refractivity contribution in [2.24, 2.45) is 0 Å². The van der Waals surface area contributed by atoms with Gasteiger partial charge in [0.1, 0.15) is 33.1 Å². The van der Waals surface area contributed by atoms with E-state index >= 15 is 0 Å². The van der Waals surface area contributed by atoms with E-state index in [9.17, 15) is 81.5 Å². The first kappa shape index (κ1) is 110. The van der Waals surface area contributed by atoms with Gasteiger partial charge in [-0.3, -0.25) is 96.2 Å². The minimum Gasteiger partial charge on any atom is -0.495 e. The molecule has 131 heavy (non-hydrogen) atoms. The van der Waals surface area contributed by atoms with Gasteiger partial charge < -0.3 is 108 Å². The molecular weight excluding hydrogens is 1730 g/mol. The van der Waals surface area contributed by atoms with E-state index in [-0.39, 0.29) is 223 Å². The standard InChI is InChI=1S/C62H82N14O18.C19H23N3O6S2.B7/c1-13-94-46(77)14-15-70-54(81)37-32-41(58(85)69-8)50(93-12)45(33-37)62(89)74-19-23-76(22-18-73-61(88)44-31-36(53(80)65-4)28-40(49(44)92-11)57(84)68-7)25-24-75(20-16-71-59(86)42-29-34(51(78)63-2)26-38(47(42)90-9)55(82)66-5)21-17-72-60(87)43-30-35(52(79)64-3)27-39(48(43)91-10)56(83)67-6;1-4-28-14(23)5-6-21-16(24)11-9-12(17(25)20-2)15(27-3)13(10-11)18(26)22-7-8-30-19(22)29;1-5-7(4)6(2)3/h26-33H,13-25H2,1-12H3,(H,63,78)(H,64,79)(H,65,80)(H,66,82)(H,67,83)(H,68,84)(H,69,85)(H,70,81)(H,71,86)(H,72,87)(H,73,88)(H,74,89);9-10H,4-8H2,1-3H3,(H,20,25)(H,21,24);. The molecule has 1 aliphatic heterocycles. The molecule has 0 aromatic heterocycles. The Morgan fingerprint density at radius 3 is 0.794 bits per heavy atom. The summed E-state index contributed by atoms with van der Waals surface area (Å²) in [5.41, 5.74) is -1.10. The van der Waals surface area contributed by atoms with E-state index in [1.54, 1.807) is 13.8 Å². The summed E-state index contributed by atoms with van der Waals surface area (Å²) in [7, 11) is 38.9. The lowest BCUT2D eigenvalue weighted by Crippen LogP contribution is -2.46. The molecule has 0 atom stereocenters. The number of thioether (sulfide) groups is 1. The minimum atomic E-state index is -0.778. The van der Waals surface area contributed by atoms with Crippen LogP contribution in [-0.4, -0.2) is 366 Å². The predicted molar refractivity (Wildman–Crippen MR) is 498 cm³/mol. The molecule has 1 saturated heterocycles. The van der Waals surface area contributed by atoms with Gasteiger partial charge in [-0.05, 0) is 74.5 Å². The van der Waals surface area contributed by atoms with Gasteiger partial charge in [-0.2, -0.15) is 0 Å². The number of nitrogens with one attached hydrogen (secondary N) is 14. The summed E-state index contributed by atoms with van der Waals surface area (Å²) in [6.07, 6.45) is -1.08. The van der Waals surface area contributed by atoms with Crippen LogP contribution in [0.3, 0.4) is 0 Å². The molecule has 1 heterocycles. The number of ether oxygens (including phenoxy) is 7. The van der Waals surface area contributed by atoms with E-state index in [2.05, 4.69) is 74.4 Å². The fourth-order valence-corrected chi connectivity index (χ4v) is 13.6. The first-order valence-corrected chi connectivity index (χ1v) is 42.0. The molecule has 0 unspecified atom stereocenters. The van der Waals surface area contributed by atoms with Gasteiger partial charge in [0.05, 0.1) is 117 Å². The summed E-state index contributed by atoms with van der Waals surface area (Å²) >= 11 is 6.59. The highest BCUT2D eigenvalue weighted by atomic mass is 32.2. The lowest BCUT2D eigenvalue weighted by Gasteiger charge is -2.28. The van der Waals surface area contributed by atoms with Crippen LogP contribution in [0.5, 0.6) is 28.7 Å². The van der Waals surface area contributed by atoms with E-state index in [1.807, 2.05) is 9.80 Å². The maximum atomic E-state index is 14.3. The molecular formula is C81H105B7N17O24S2. The minimum absolute atomic E-state index is 0.00307. The Bertz CT molecular complexity index is 4920. The number of nitrogens with zero attached hydrogens (tertiary/aromatic N) is 3. The monoisotopic (exact) mass is 1840 g/mol. The Balaban J connectivity index is 0.000000798. The van der Waals surface area contributed by atoms with Gasteiger partial charge in [0, 0.05) is 226 Å². The second-order valence-corrected chi connectivity index (χ2v) is 29.1. The molecule has 6 rings (SSSR count). The fourth-order valence-electron chi connectivity index (χ4n) is 12.4. The van der Waals surface area contributed by atoms with Crippen LogP contribution in [0.4, 0.5) is 0 Å². The van der Waals surface area contributed by atoms with Crippen molar-refractivity contribution in [1.82, 2.24) is 89.1 Å². The molecule has 50 heteroatoms. The third kappa shape index (κ3) is 31.9. The molecule has 41 nitrogen and oxygen atoms in total.